The maximum absolute atomic E-state index is 12.4. The standard InChI is InChI=1S/C6HF11O2.Na/c7-2(8,1(18)19)3(9,10)4(11,12)5(13,14)6(15,16)17;/h(H,18,19);/q;+1/p-1. The molecule has 0 atom stereocenters. The third-order valence-electron chi connectivity index (χ3n) is 1.80. The Balaban J connectivity index is 0. The molecule has 0 unspecified atom stereocenters. The molecule has 0 aromatic rings. The van der Waals surface area contributed by atoms with Crippen LogP contribution in [0.2, 0.25) is 0 Å². The fourth-order valence-corrected chi connectivity index (χ4v) is 0.701. The second-order valence-corrected chi connectivity index (χ2v) is 3.08. The van der Waals surface area contributed by atoms with Crippen molar-refractivity contribution in [1.29, 1.82) is 0 Å². The molecule has 0 aliphatic heterocycles. The summed E-state index contributed by atoms with van der Waals surface area (Å²) in [5.74, 6) is -34.1. The smallest absolute Gasteiger partial charge is 0.544 e. The van der Waals surface area contributed by atoms with Crippen LogP contribution < -0.4 is 34.7 Å². The van der Waals surface area contributed by atoms with Crippen molar-refractivity contribution in [3.8, 4) is 0 Å². The van der Waals surface area contributed by atoms with E-state index in [1.165, 1.54) is 0 Å². The van der Waals surface area contributed by atoms with Crippen LogP contribution in [0.3, 0.4) is 0 Å². The SMILES string of the molecule is O=C([O-])C(F)(F)C(F)(F)C(F)(F)C(F)(F)C(F)(F)F.[Na+]. The first kappa shape index (κ1) is 22.0. The molecule has 0 aromatic carbocycles. The molecule has 0 bridgehead atoms. The molecule has 0 radical (unpaired) electrons. The van der Waals surface area contributed by atoms with E-state index in [9.17, 15) is 58.2 Å². The second kappa shape index (κ2) is 5.48. The van der Waals surface area contributed by atoms with Gasteiger partial charge in [-0.1, -0.05) is 0 Å². The average molecular weight is 336 g/mol. The molecule has 0 heterocycles. The zero-order valence-corrected chi connectivity index (χ0v) is 11.0. The number of aliphatic carboxylic acids is 1. The van der Waals surface area contributed by atoms with Gasteiger partial charge in [0.1, 0.15) is 5.97 Å². The Morgan fingerprint density at radius 2 is 0.950 bits per heavy atom. The predicted octanol–water partition coefficient (Wildman–Crippen LogP) is -1.16. The molecule has 0 spiro atoms. The summed E-state index contributed by atoms with van der Waals surface area (Å²) >= 11 is 0. The number of hydrogen-bond donors (Lipinski definition) is 0. The quantitative estimate of drug-likeness (QED) is 0.480. The summed E-state index contributed by atoms with van der Waals surface area (Å²) in [6.07, 6.45) is -7.32. The molecule has 0 amide bonds. The number of carboxylic acid groups (broad SMARTS) is 1. The van der Waals surface area contributed by atoms with Gasteiger partial charge in [-0.15, -0.1) is 0 Å². The van der Waals surface area contributed by atoms with Crippen LogP contribution in [0.1, 0.15) is 0 Å². The monoisotopic (exact) mass is 336 g/mol. The van der Waals surface area contributed by atoms with Gasteiger partial charge < -0.3 is 9.90 Å². The third kappa shape index (κ3) is 2.84. The normalized spacial score (nSPS) is 14.8. The molecule has 14 heteroatoms. The van der Waals surface area contributed by atoms with Crippen LogP contribution in [-0.2, 0) is 4.79 Å². The summed E-state index contributed by atoms with van der Waals surface area (Å²) in [4.78, 5) is 9.49. The van der Waals surface area contributed by atoms with E-state index in [2.05, 4.69) is 0 Å². The number of carbonyl (C=O) groups is 1. The van der Waals surface area contributed by atoms with E-state index in [4.69, 9.17) is 0 Å². The number of carboxylic acids is 1. The van der Waals surface area contributed by atoms with Crippen LogP contribution in [0.4, 0.5) is 48.3 Å². The average Bonchev–Trinajstić information content (AvgIpc) is 2.14. The van der Waals surface area contributed by atoms with Crippen molar-refractivity contribution in [3.63, 3.8) is 0 Å². The summed E-state index contributed by atoms with van der Waals surface area (Å²) in [5, 5.41) is 9.49. The first-order chi connectivity index (χ1) is 7.94. The van der Waals surface area contributed by atoms with Crippen molar-refractivity contribution in [3.05, 3.63) is 0 Å². The maximum Gasteiger partial charge on any atom is 1.00 e. The summed E-state index contributed by atoms with van der Waals surface area (Å²) in [6, 6.07) is 0. The van der Waals surface area contributed by atoms with Gasteiger partial charge in [0.15, 0.2) is 0 Å². The zero-order valence-electron chi connectivity index (χ0n) is 8.97. The molecule has 0 saturated heterocycles. The van der Waals surface area contributed by atoms with Crippen molar-refractivity contribution in [2.45, 2.75) is 29.9 Å². The third-order valence-corrected chi connectivity index (χ3v) is 1.80. The van der Waals surface area contributed by atoms with Crippen LogP contribution in [-0.4, -0.2) is 35.8 Å². The van der Waals surface area contributed by atoms with Crippen molar-refractivity contribution in [2.24, 2.45) is 0 Å². The van der Waals surface area contributed by atoms with E-state index >= 15 is 0 Å². The molecular formula is C6F11NaO2. The molecule has 0 N–H and O–H groups in total. The van der Waals surface area contributed by atoms with Crippen LogP contribution in [0.15, 0.2) is 0 Å². The summed E-state index contributed by atoms with van der Waals surface area (Å²) in [7, 11) is 0. The minimum absolute atomic E-state index is 0. The molecule has 114 valence electrons. The zero-order chi connectivity index (χ0) is 16.1. The van der Waals surface area contributed by atoms with Gasteiger partial charge in [0.25, 0.3) is 0 Å². The van der Waals surface area contributed by atoms with Gasteiger partial charge in [-0.05, 0) is 0 Å². The molecule has 0 aliphatic rings. The van der Waals surface area contributed by atoms with Crippen LogP contribution >= 0.6 is 0 Å². The maximum atomic E-state index is 12.4. The first-order valence-electron chi connectivity index (χ1n) is 3.74. The van der Waals surface area contributed by atoms with Crippen molar-refractivity contribution in [2.75, 3.05) is 0 Å². The molecule has 0 fully saturated rings. The van der Waals surface area contributed by atoms with E-state index in [0.29, 0.717) is 0 Å². The van der Waals surface area contributed by atoms with E-state index in [-0.39, 0.29) is 29.6 Å². The number of carbonyl (C=O) groups excluding carboxylic acids is 1. The van der Waals surface area contributed by atoms with Gasteiger partial charge in [-0.25, -0.2) is 0 Å². The van der Waals surface area contributed by atoms with Crippen molar-refractivity contribution < 1.29 is 87.8 Å². The Morgan fingerprint density at radius 1 is 0.650 bits per heavy atom. The minimum atomic E-state index is -7.72. The molecule has 0 aliphatic carbocycles. The van der Waals surface area contributed by atoms with Gasteiger partial charge >= 0.3 is 59.4 Å². The summed E-state index contributed by atoms with van der Waals surface area (Å²) in [6.45, 7) is 0. The van der Waals surface area contributed by atoms with Gasteiger partial charge in [-0.3, -0.25) is 0 Å². The molecule has 2 nitrogen and oxygen atoms in total. The Labute approximate surface area is 124 Å². The van der Waals surface area contributed by atoms with Crippen molar-refractivity contribution in [1.82, 2.24) is 0 Å². The Bertz CT molecular complexity index is 374. The Morgan fingerprint density at radius 3 is 1.15 bits per heavy atom. The van der Waals surface area contributed by atoms with Crippen LogP contribution in [0.25, 0.3) is 0 Å². The van der Waals surface area contributed by atoms with E-state index < -0.39 is 35.8 Å². The van der Waals surface area contributed by atoms with Crippen LogP contribution in [0.5, 0.6) is 0 Å². The topological polar surface area (TPSA) is 40.1 Å². The van der Waals surface area contributed by atoms with Crippen LogP contribution in [0, 0.1) is 0 Å². The van der Waals surface area contributed by atoms with Gasteiger partial charge in [-0.2, -0.15) is 48.3 Å². The molecule has 20 heavy (non-hydrogen) atoms. The fourth-order valence-electron chi connectivity index (χ4n) is 0.701. The summed E-state index contributed by atoms with van der Waals surface area (Å²) in [5.41, 5.74) is 0. The van der Waals surface area contributed by atoms with Gasteiger partial charge in [0, 0.05) is 0 Å². The summed E-state index contributed by atoms with van der Waals surface area (Å²) < 4.78 is 132. The predicted molar refractivity (Wildman–Crippen MR) is 30.9 cm³/mol. The molecule has 0 saturated carbocycles. The Kier molecular flexibility index (Phi) is 6.02. The Hall–Kier alpha value is -0.300. The number of alkyl halides is 11. The first-order valence-corrected chi connectivity index (χ1v) is 3.74. The molecule has 0 aromatic heterocycles. The van der Waals surface area contributed by atoms with E-state index in [1.54, 1.807) is 0 Å². The van der Waals surface area contributed by atoms with E-state index in [1.807, 2.05) is 0 Å². The number of rotatable bonds is 4. The number of halogens is 11. The fraction of sp³-hybridized carbons (Fsp3) is 0.833. The molecule has 0 rings (SSSR count). The van der Waals surface area contributed by atoms with Gasteiger partial charge in [0.2, 0.25) is 0 Å². The molecular weight excluding hydrogens is 336 g/mol. The second-order valence-electron chi connectivity index (χ2n) is 3.08. The minimum Gasteiger partial charge on any atom is -0.544 e. The largest absolute Gasteiger partial charge is 1.00 e. The van der Waals surface area contributed by atoms with Gasteiger partial charge in [0.05, 0.1) is 0 Å². The van der Waals surface area contributed by atoms with E-state index in [0.717, 1.165) is 0 Å². The number of hydrogen-bond acceptors (Lipinski definition) is 2. The van der Waals surface area contributed by atoms with Crippen molar-refractivity contribution >= 4 is 5.97 Å².